The maximum Gasteiger partial charge on any atom is 0.408 e. The predicted octanol–water partition coefficient (Wildman–Crippen LogP) is 2.42. The molecule has 9 heteroatoms. The first-order valence-corrected chi connectivity index (χ1v) is 8.22. The van der Waals surface area contributed by atoms with E-state index in [1.54, 1.807) is 30.3 Å². The molecule has 1 atom stereocenters. The second-order valence-corrected chi connectivity index (χ2v) is 6.25. The average Bonchev–Trinajstić information content (AvgIpc) is 2.81. The Kier molecular flexibility index (Phi) is 6.24. The SMILES string of the molecule is Cc1nn(CC(F)(F)F)c(C)c1CC(=O)N[C@@H](Cc1ccccc1)C(=O)O. The number of rotatable bonds is 7. The molecule has 146 valence electrons. The van der Waals surface area contributed by atoms with Gasteiger partial charge in [0.1, 0.15) is 12.6 Å². The summed E-state index contributed by atoms with van der Waals surface area (Å²) in [6, 6.07) is 7.68. The normalized spacial score (nSPS) is 12.6. The average molecular weight is 383 g/mol. The molecule has 1 aromatic carbocycles. The summed E-state index contributed by atoms with van der Waals surface area (Å²) in [5.41, 5.74) is 1.65. The number of nitrogens with zero attached hydrogens (tertiary/aromatic N) is 2. The number of aromatic nitrogens is 2. The number of benzene rings is 1. The molecule has 0 spiro atoms. The Labute approximate surface area is 154 Å². The standard InChI is InChI=1S/C18H20F3N3O3/c1-11-14(12(2)24(23-11)10-18(19,20)21)9-16(25)22-15(17(26)27)8-13-6-4-3-5-7-13/h3-7,15H,8-10H2,1-2H3,(H,22,25)(H,26,27)/t15-/m0/s1. The molecule has 1 amide bonds. The van der Waals surface area contributed by atoms with E-state index in [1.165, 1.54) is 13.8 Å². The van der Waals surface area contributed by atoms with E-state index in [9.17, 15) is 27.9 Å². The summed E-state index contributed by atoms with van der Waals surface area (Å²) in [6.07, 6.45) is -4.56. The van der Waals surface area contributed by atoms with Gasteiger partial charge in [0.05, 0.1) is 12.1 Å². The van der Waals surface area contributed by atoms with Gasteiger partial charge in [-0.25, -0.2) is 4.79 Å². The van der Waals surface area contributed by atoms with Crippen molar-refractivity contribution in [1.82, 2.24) is 15.1 Å². The molecule has 0 saturated heterocycles. The van der Waals surface area contributed by atoms with Crippen LogP contribution in [0.5, 0.6) is 0 Å². The third-order valence-electron chi connectivity index (χ3n) is 4.11. The van der Waals surface area contributed by atoms with E-state index in [4.69, 9.17) is 0 Å². The van der Waals surface area contributed by atoms with Crippen molar-refractivity contribution >= 4 is 11.9 Å². The fraction of sp³-hybridized carbons (Fsp3) is 0.389. The fourth-order valence-electron chi connectivity index (χ4n) is 2.77. The molecule has 0 aliphatic rings. The van der Waals surface area contributed by atoms with Gasteiger partial charge >= 0.3 is 12.1 Å². The van der Waals surface area contributed by atoms with Crippen LogP contribution in [0.15, 0.2) is 30.3 Å². The summed E-state index contributed by atoms with van der Waals surface area (Å²) in [5.74, 6) is -1.77. The summed E-state index contributed by atoms with van der Waals surface area (Å²) < 4.78 is 38.6. The summed E-state index contributed by atoms with van der Waals surface area (Å²) in [6.45, 7) is 1.72. The van der Waals surface area contributed by atoms with E-state index in [2.05, 4.69) is 10.4 Å². The first kappa shape index (κ1) is 20.5. The zero-order chi connectivity index (χ0) is 20.2. The molecule has 2 N–H and O–H groups in total. The Bertz CT molecular complexity index is 816. The monoisotopic (exact) mass is 383 g/mol. The number of hydrogen-bond donors (Lipinski definition) is 2. The second-order valence-electron chi connectivity index (χ2n) is 6.25. The number of carboxylic acids is 1. The molecule has 0 unspecified atom stereocenters. The van der Waals surface area contributed by atoms with E-state index in [0.717, 1.165) is 10.2 Å². The molecule has 1 heterocycles. The molecule has 2 rings (SSSR count). The van der Waals surface area contributed by atoms with Gasteiger partial charge in [0.2, 0.25) is 5.91 Å². The highest BCUT2D eigenvalue weighted by atomic mass is 19.4. The largest absolute Gasteiger partial charge is 0.480 e. The first-order chi connectivity index (χ1) is 12.6. The number of carbonyl (C=O) groups excluding carboxylic acids is 1. The van der Waals surface area contributed by atoms with Gasteiger partial charge in [-0.3, -0.25) is 9.48 Å². The lowest BCUT2D eigenvalue weighted by Gasteiger charge is -2.15. The van der Waals surface area contributed by atoms with Crippen LogP contribution >= 0.6 is 0 Å². The molecule has 1 aromatic heterocycles. The van der Waals surface area contributed by atoms with E-state index >= 15 is 0 Å². The van der Waals surface area contributed by atoms with Crippen molar-refractivity contribution in [3.05, 3.63) is 52.8 Å². The molecule has 27 heavy (non-hydrogen) atoms. The zero-order valence-electron chi connectivity index (χ0n) is 14.9. The van der Waals surface area contributed by atoms with Gasteiger partial charge in [0.25, 0.3) is 0 Å². The highest BCUT2D eigenvalue weighted by Gasteiger charge is 2.30. The van der Waals surface area contributed by atoms with Gasteiger partial charge in [-0.1, -0.05) is 30.3 Å². The number of aliphatic carboxylic acids is 1. The van der Waals surface area contributed by atoms with Crippen LogP contribution in [0.3, 0.4) is 0 Å². The van der Waals surface area contributed by atoms with Gasteiger partial charge in [-0.05, 0) is 19.4 Å². The van der Waals surface area contributed by atoms with Crippen molar-refractivity contribution < 1.29 is 27.9 Å². The van der Waals surface area contributed by atoms with E-state index in [-0.39, 0.29) is 18.5 Å². The highest BCUT2D eigenvalue weighted by Crippen LogP contribution is 2.21. The lowest BCUT2D eigenvalue weighted by Crippen LogP contribution is -2.43. The Balaban J connectivity index is 2.08. The Morgan fingerprint density at radius 3 is 2.41 bits per heavy atom. The molecule has 6 nitrogen and oxygen atoms in total. The summed E-state index contributed by atoms with van der Waals surface area (Å²) in [5, 5.41) is 15.6. The molecule has 0 aliphatic heterocycles. The Hall–Kier alpha value is -2.84. The fourth-order valence-corrected chi connectivity index (χ4v) is 2.77. The number of carboxylic acid groups (broad SMARTS) is 1. The van der Waals surface area contributed by atoms with Gasteiger partial charge < -0.3 is 10.4 Å². The van der Waals surface area contributed by atoms with Crippen LogP contribution in [0.25, 0.3) is 0 Å². The van der Waals surface area contributed by atoms with Crippen molar-refractivity contribution in [1.29, 1.82) is 0 Å². The number of nitrogens with one attached hydrogen (secondary N) is 1. The van der Waals surface area contributed by atoms with Crippen LogP contribution in [0.4, 0.5) is 13.2 Å². The molecule has 0 fully saturated rings. The zero-order valence-corrected chi connectivity index (χ0v) is 14.9. The van der Waals surface area contributed by atoms with Crippen LogP contribution in [0.1, 0.15) is 22.5 Å². The predicted molar refractivity (Wildman–Crippen MR) is 91.2 cm³/mol. The number of carbonyl (C=O) groups is 2. The van der Waals surface area contributed by atoms with Crippen molar-refractivity contribution in [3.63, 3.8) is 0 Å². The molecule has 0 radical (unpaired) electrons. The molecule has 0 saturated carbocycles. The van der Waals surface area contributed by atoms with Crippen molar-refractivity contribution in [2.75, 3.05) is 0 Å². The number of halogens is 3. The minimum atomic E-state index is -4.42. The van der Waals surface area contributed by atoms with Crippen molar-refractivity contribution in [2.45, 2.75) is 45.5 Å². The highest BCUT2D eigenvalue weighted by molar-refractivity contribution is 5.85. The lowest BCUT2D eigenvalue weighted by molar-refractivity contribution is -0.143. The van der Waals surface area contributed by atoms with E-state index in [0.29, 0.717) is 11.3 Å². The smallest absolute Gasteiger partial charge is 0.408 e. The number of hydrogen-bond acceptors (Lipinski definition) is 3. The number of amides is 1. The Morgan fingerprint density at radius 2 is 1.85 bits per heavy atom. The second kappa shape index (κ2) is 8.24. The maximum atomic E-state index is 12.6. The van der Waals surface area contributed by atoms with Gasteiger partial charge in [-0.2, -0.15) is 18.3 Å². The first-order valence-electron chi connectivity index (χ1n) is 8.22. The van der Waals surface area contributed by atoms with Gasteiger partial charge in [0.15, 0.2) is 0 Å². The van der Waals surface area contributed by atoms with Crippen LogP contribution in [0, 0.1) is 13.8 Å². The van der Waals surface area contributed by atoms with Crippen molar-refractivity contribution in [3.8, 4) is 0 Å². The number of alkyl halides is 3. The van der Waals surface area contributed by atoms with E-state index < -0.39 is 30.6 Å². The third kappa shape index (κ3) is 5.83. The van der Waals surface area contributed by atoms with Crippen LogP contribution in [-0.4, -0.2) is 39.0 Å². The molecule has 0 aliphatic carbocycles. The van der Waals surface area contributed by atoms with Crippen LogP contribution < -0.4 is 5.32 Å². The minimum Gasteiger partial charge on any atom is -0.480 e. The molecule has 0 bridgehead atoms. The van der Waals surface area contributed by atoms with Gasteiger partial charge in [-0.15, -0.1) is 0 Å². The summed E-state index contributed by atoms with van der Waals surface area (Å²) in [4.78, 5) is 23.7. The van der Waals surface area contributed by atoms with Gasteiger partial charge in [0, 0.05) is 17.7 Å². The third-order valence-corrected chi connectivity index (χ3v) is 4.11. The minimum absolute atomic E-state index is 0.104. The molecule has 2 aromatic rings. The van der Waals surface area contributed by atoms with Crippen LogP contribution in [0.2, 0.25) is 0 Å². The molecular weight excluding hydrogens is 363 g/mol. The quantitative estimate of drug-likeness (QED) is 0.769. The van der Waals surface area contributed by atoms with Crippen molar-refractivity contribution in [2.24, 2.45) is 0 Å². The summed E-state index contributed by atoms with van der Waals surface area (Å²) in [7, 11) is 0. The summed E-state index contributed by atoms with van der Waals surface area (Å²) >= 11 is 0. The van der Waals surface area contributed by atoms with E-state index in [1.807, 2.05) is 0 Å². The maximum absolute atomic E-state index is 12.6. The van der Waals surface area contributed by atoms with Crippen LogP contribution in [-0.2, 0) is 29.0 Å². The molecular formula is C18H20F3N3O3. The topological polar surface area (TPSA) is 84.2 Å². The lowest BCUT2D eigenvalue weighted by atomic mass is 10.0. The Morgan fingerprint density at radius 1 is 1.22 bits per heavy atom. The number of aryl methyl sites for hydroxylation is 1.